The first kappa shape index (κ1) is 9.90. The second-order valence-electron chi connectivity index (χ2n) is 3.27. The SMILES string of the molecule is FCOc1ccccc1C1CC=CC=N1. The summed E-state index contributed by atoms with van der Waals surface area (Å²) in [6.07, 6.45) is 6.56. The molecule has 3 heteroatoms. The van der Waals surface area contributed by atoms with E-state index >= 15 is 0 Å². The van der Waals surface area contributed by atoms with E-state index in [1.54, 1.807) is 12.3 Å². The predicted molar refractivity (Wildman–Crippen MR) is 58.0 cm³/mol. The van der Waals surface area contributed by atoms with Crippen LogP contribution in [0.3, 0.4) is 0 Å². The van der Waals surface area contributed by atoms with Crippen LogP contribution < -0.4 is 4.74 Å². The summed E-state index contributed by atoms with van der Waals surface area (Å²) in [6, 6.07) is 7.48. The number of benzene rings is 1. The molecule has 1 aliphatic rings. The lowest BCUT2D eigenvalue weighted by Gasteiger charge is -2.16. The van der Waals surface area contributed by atoms with Gasteiger partial charge in [-0.2, -0.15) is 0 Å². The molecule has 15 heavy (non-hydrogen) atoms. The summed E-state index contributed by atoms with van der Waals surface area (Å²) in [4.78, 5) is 4.33. The minimum Gasteiger partial charge on any atom is -0.463 e. The van der Waals surface area contributed by atoms with Crippen molar-refractivity contribution in [1.29, 1.82) is 0 Å². The van der Waals surface area contributed by atoms with Crippen LogP contribution >= 0.6 is 0 Å². The quantitative estimate of drug-likeness (QED) is 0.743. The summed E-state index contributed by atoms with van der Waals surface area (Å²) in [7, 11) is 0. The predicted octanol–water partition coefficient (Wildman–Crippen LogP) is 3.06. The molecule has 1 unspecified atom stereocenters. The lowest BCUT2D eigenvalue weighted by Crippen LogP contribution is -2.02. The third kappa shape index (κ3) is 2.24. The van der Waals surface area contributed by atoms with Gasteiger partial charge in [0, 0.05) is 11.8 Å². The van der Waals surface area contributed by atoms with E-state index in [1.807, 2.05) is 30.4 Å². The zero-order chi connectivity index (χ0) is 10.5. The molecule has 78 valence electrons. The van der Waals surface area contributed by atoms with Gasteiger partial charge in [0.15, 0.2) is 0 Å². The highest BCUT2D eigenvalue weighted by Gasteiger charge is 2.14. The smallest absolute Gasteiger partial charge is 0.228 e. The molecule has 2 nitrogen and oxygen atoms in total. The highest BCUT2D eigenvalue weighted by atomic mass is 19.1. The second-order valence-corrected chi connectivity index (χ2v) is 3.27. The van der Waals surface area contributed by atoms with Crippen molar-refractivity contribution >= 4 is 6.21 Å². The summed E-state index contributed by atoms with van der Waals surface area (Å²) in [5.41, 5.74) is 0.941. The topological polar surface area (TPSA) is 21.6 Å². The Hall–Kier alpha value is -1.64. The molecule has 1 heterocycles. The molecule has 0 saturated carbocycles. The number of aliphatic imine (C=N–C) groups is 1. The molecule has 1 aromatic rings. The number of dihydropyridines is 1. The first-order valence-electron chi connectivity index (χ1n) is 4.88. The molecule has 0 saturated heterocycles. The van der Waals surface area contributed by atoms with Crippen LogP contribution in [0.25, 0.3) is 0 Å². The van der Waals surface area contributed by atoms with E-state index in [1.165, 1.54) is 0 Å². The maximum Gasteiger partial charge on any atom is 0.228 e. The molecule has 1 atom stereocenters. The standard InChI is InChI=1S/C12H12FNO/c13-9-15-12-7-2-1-5-10(12)11-6-3-4-8-14-11/h1-5,7-8,11H,6,9H2. The third-order valence-corrected chi connectivity index (χ3v) is 2.34. The second kappa shape index (κ2) is 4.73. The average molecular weight is 205 g/mol. The van der Waals surface area contributed by atoms with Gasteiger partial charge in [-0.15, -0.1) is 0 Å². The van der Waals surface area contributed by atoms with Gasteiger partial charge in [-0.05, 0) is 18.6 Å². The monoisotopic (exact) mass is 205 g/mol. The zero-order valence-electron chi connectivity index (χ0n) is 8.27. The molecule has 0 radical (unpaired) electrons. The van der Waals surface area contributed by atoms with Gasteiger partial charge >= 0.3 is 0 Å². The van der Waals surface area contributed by atoms with Gasteiger partial charge in [-0.25, -0.2) is 4.39 Å². The van der Waals surface area contributed by atoms with Crippen molar-refractivity contribution in [3.05, 3.63) is 42.0 Å². The van der Waals surface area contributed by atoms with E-state index in [-0.39, 0.29) is 6.04 Å². The van der Waals surface area contributed by atoms with Crippen LogP contribution in [-0.2, 0) is 0 Å². The van der Waals surface area contributed by atoms with Crippen molar-refractivity contribution in [3.63, 3.8) is 0 Å². The van der Waals surface area contributed by atoms with Crippen LogP contribution in [0.15, 0.2) is 41.4 Å². The molecule has 0 N–H and O–H groups in total. The van der Waals surface area contributed by atoms with Gasteiger partial charge in [0.25, 0.3) is 0 Å². The van der Waals surface area contributed by atoms with Gasteiger partial charge in [0.05, 0.1) is 6.04 Å². The largest absolute Gasteiger partial charge is 0.463 e. The van der Waals surface area contributed by atoms with Crippen LogP contribution in [0.2, 0.25) is 0 Å². The number of hydrogen-bond donors (Lipinski definition) is 0. The van der Waals surface area contributed by atoms with Crippen molar-refractivity contribution in [3.8, 4) is 5.75 Å². The van der Waals surface area contributed by atoms with Crippen LogP contribution in [0, 0.1) is 0 Å². The van der Waals surface area contributed by atoms with Crippen LogP contribution in [0.4, 0.5) is 4.39 Å². The Morgan fingerprint density at radius 2 is 2.27 bits per heavy atom. The normalized spacial score (nSPS) is 19.1. The Morgan fingerprint density at radius 1 is 1.40 bits per heavy atom. The molecule has 0 spiro atoms. The van der Waals surface area contributed by atoms with Crippen molar-refractivity contribution in [1.82, 2.24) is 0 Å². The first-order valence-corrected chi connectivity index (χ1v) is 4.88. The lowest BCUT2D eigenvalue weighted by molar-refractivity contribution is 0.189. The zero-order valence-corrected chi connectivity index (χ0v) is 8.27. The van der Waals surface area contributed by atoms with Crippen molar-refractivity contribution in [2.24, 2.45) is 4.99 Å². The van der Waals surface area contributed by atoms with Crippen LogP contribution in [-0.4, -0.2) is 13.1 Å². The molecule has 1 aliphatic heterocycles. The van der Waals surface area contributed by atoms with Gasteiger partial charge in [0.2, 0.25) is 6.86 Å². The number of hydrogen-bond acceptors (Lipinski definition) is 2. The Bertz CT molecular complexity index is 387. The number of halogens is 1. The fourth-order valence-corrected chi connectivity index (χ4v) is 1.64. The number of allylic oxidation sites excluding steroid dienone is 1. The number of alkyl halides is 1. The van der Waals surface area contributed by atoms with Crippen LogP contribution in [0.1, 0.15) is 18.0 Å². The molecule has 0 bridgehead atoms. The fraction of sp³-hybridized carbons (Fsp3) is 0.250. The third-order valence-electron chi connectivity index (χ3n) is 2.34. The minimum absolute atomic E-state index is 0.0535. The van der Waals surface area contributed by atoms with E-state index in [4.69, 9.17) is 4.74 Å². The number of ether oxygens (including phenoxy) is 1. The molecule has 0 fully saturated rings. The lowest BCUT2D eigenvalue weighted by atomic mass is 10.0. The van der Waals surface area contributed by atoms with Crippen molar-refractivity contribution in [2.75, 3.05) is 6.86 Å². The molecule has 0 amide bonds. The molecular formula is C12H12FNO. The highest BCUT2D eigenvalue weighted by Crippen LogP contribution is 2.31. The number of rotatable bonds is 3. The van der Waals surface area contributed by atoms with E-state index in [2.05, 4.69) is 4.99 Å². The summed E-state index contributed by atoms with van der Waals surface area (Å²) in [5, 5.41) is 0. The Morgan fingerprint density at radius 3 is 3.00 bits per heavy atom. The van der Waals surface area contributed by atoms with Gasteiger partial charge in [-0.3, -0.25) is 4.99 Å². The molecule has 0 aromatic heterocycles. The minimum atomic E-state index is -0.802. The maximum absolute atomic E-state index is 12.2. The fourth-order valence-electron chi connectivity index (χ4n) is 1.64. The first-order chi connectivity index (χ1) is 7.42. The number of para-hydroxylation sites is 1. The van der Waals surface area contributed by atoms with Crippen LogP contribution in [0.5, 0.6) is 5.75 Å². The molecular weight excluding hydrogens is 193 g/mol. The van der Waals surface area contributed by atoms with E-state index in [0.29, 0.717) is 5.75 Å². The van der Waals surface area contributed by atoms with E-state index < -0.39 is 6.86 Å². The van der Waals surface area contributed by atoms with E-state index in [9.17, 15) is 4.39 Å². The summed E-state index contributed by atoms with van der Waals surface area (Å²) in [6.45, 7) is -0.802. The average Bonchev–Trinajstić information content (AvgIpc) is 2.31. The molecule has 2 rings (SSSR count). The van der Waals surface area contributed by atoms with Crippen molar-refractivity contribution < 1.29 is 9.13 Å². The van der Waals surface area contributed by atoms with E-state index in [0.717, 1.165) is 12.0 Å². The maximum atomic E-state index is 12.2. The van der Waals surface area contributed by atoms with Crippen molar-refractivity contribution in [2.45, 2.75) is 12.5 Å². The summed E-state index contributed by atoms with van der Waals surface area (Å²) >= 11 is 0. The molecule has 1 aromatic carbocycles. The summed E-state index contributed by atoms with van der Waals surface area (Å²) in [5.74, 6) is 0.581. The molecule has 0 aliphatic carbocycles. The van der Waals surface area contributed by atoms with Gasteiger partial charge in [0.1, 0.15) is 5.75 Å². The highest BCUT2D eigenvalue weighted by molar-refractivity contribution is 5.72. The van der Waals surface area contributed by atoms with Gasteiger partial charge < -0.3 is 4.74 Å². The number of nitrogens with zero attached hydrogens (tertiary/aromatic N) is 1. The van der Waals surface area contributed by atoms with Gasteiger partial charge in [-0.1, -0.05) is 24.3 Å². The summed E-state index contributed by atoms with van der Waals surface area (Å²) < 4.78 is 17.1. The Balaban J connectivity index is 2.26. The Labute approximate surface area is 88.1 Å². The Kier molecular flexibility index (Phi) is 3.12.